The molecule has 0 saturated carbocycles. The van der Waals surface area contributed by atoms with Crippen LogP contribution in [-0.2, 0) is 0 Å². The van der Waals surface area contributed by atoms with Gasteiger partial charge in [-0.15, -0.1) is 0 Å². The fourth-order valence-electron chi connectivity index (χ4n) is 1.66. The minimum absolute atomic E-state index is 0.191. The largest absolute Gasteiger partial charge is 0.494 e. The first-order valence-electron chi connectivity index (χ1n) is 5.99. The van der Waals surface area contributed by atoms with Gasteiger partial charge in [-0.2, -0.15) is 0 Å². The Morgan fingerprint density at radius 3 is 2.74 bits per heavy atom. The van der Waals surface area contributed by atoms with Crippen molar-refractivity contribution in [1.82, 2.24) is 0 Å². The van der Waals surface area contributed by atoms with Crippen LogP contribution in [0.25, 0.3) is 0 Å². The number of carbonyl (C=O) groups is 1. The molecule has 0 aliphatic rings. The Hall–Kier alpha value is -2.00. The predicted octanol–water partition coefficient (Wildman–Crippen LogP) is 3.99. The molecule has 3 nitrogen and oxygen atoms in total. The van der Waals surface area contributed by atoms with Crippen molar-refractivity contribution in [3.8, 4) is 5.75 Å². The highest BCUT2D eigenvalue weighted by Crippen LogP contribution is 2.18. The SMILES string of the molecule is CCOc1cccc(C(=O)Nc2cccc(Cl)c2)c1. The van der Waals surface area contributed by atoms with Gasteiger partial charge in [-0.1, -0.05) is 23.7 Å². The van der Waals surface area contributed by atoms with Crippen molar-refractivity contribution in [3.05, 3.63) is 59.1 Å². The van der Waals surface area contributed by atoms with E-state index in [4.69, 9.17) is 16.3 Å². The van der Waals surface area contributed by atoms with E-state index in [2.05, 4.69) is 5.32 Å². The molecule has 19 heavy (non-hydrogen) atoms. The fourth-order valence-corrected chi connectivity index (χ4v) is 1.85. The molecule has 98 valence electrons. The van der Waals surface area contributed by atoms with E-state index < -0.39 is 0 Å². The van der Waals surface area contributed by atoms with Crippen molar-refractivity contribution in [2.45, 2.75) is 6.92 Å². The summed E-state index contributed by atoms with van der Waals surface area (Å²) in [5.74, 6) is 0.491. The lowest BCUT2D eigenvalue weighted by Gasteiger charge is -2.07. The van der Waals surface area contributed by atoms with Gasteiger partial charge in [-0.05, 0) is 43.3 Å². The van der Waals surface area contributed by atoms with Crippen LogP contribution in [0, 0.1) is 0 Å². The van der Waals surface area contributed by atoms with Crippen molar-refractivity contribution in [2.75, 3.05) is 11.9 Å². The number of amides is 1. The molecule has 4 heteroatoms. The van der Waals surface area contributed by atoms with Crippen LogP contribution in [-0.4, -0.2) is 12.5 Å². The average Bonchev–Trinajstić information content (AvgIpc) is 2.39. The number of hydrogen-bond donors (Lipinski definition) is 1. The lowest BCUT2D eigenvalue weighted by molar-refractivity contribution is 0.102. The van der Waals surface area contributed by atoms with E-state index in [0.717, 1.165) is 0 Å². The third-order valence-electron chi connectivity index (χ3n) is 2.49. The van der Waals surface area contributed by atoms with Crippen LogP contribution in [0.4, 0.5) is 5.69 Å². The Kier molecular flexibility index (Phi) is 4.42. The summed E-state index contributed by atoms with van der Waals surface area (Å²) < 4.78 is 5.36. The second-order valence-electron chi connectivity index (χ2n) is 3.93. The smallest absolute Gasteiger partial charge is 0.255 e. The van der Waals surface area contributed by atoms with Gasteiger partial charge in [-0.25, -0.2) is 0 Å². The maximum atomic E-state index is 12.1. The molecule has 0 unspecified atom stereocenters. The van der Waals surface area contributed by atoms with Crippen LogP contribution in [0.5, 0.6) is 5.75 Å². The summed E-state index contributed by atoms with van der Waals surface area (Å²) in [5, 5.41) is 3.37. The zero-order valence-corrected chi connectivity index (χ0v) is 11.3. The number of anilines is 1. The summed E-state index contributed by atoms with van der Waals surface area (Å²) in [6.07, 6.45) is 0. The number of ether oxygens (including phenoxy) is 1. The standard InChI is InChI=1S/C15H14ClNO2/c1-2-19-14-8-3-5-11(9-14)15(18)17-13-7-4-6-12(16)10-13/h3-10H,2H2,1H3,(H,17,18). The maximum Gasteiger partial charge on any atom is 0.255 e. The van der Waals surface area contributed by atoms with E-state index in [1.165, 1.54) is 0 Å². The van der Waals surface area contributed by atoms with Crippen LogP contribution in [0.15, 0.2) is 48.5 Å². The predicted molar refractivity (Wildman–Crippen MR) is 77.0 cm³/mol. The van der Waals surface area contributed by atoms with E-state index in [9.17, 15) is 4.79 Å². The molecule has 0 radical (unpaired) electrons. The molecule has 1 N–H and O–H groups in total. The van der Waals surface area contributed by atoms with Gasteiger partial charge in [0.05, 0.1) is 6.61 Å². The molecule has 1 amide bonds. The monoisotopic (exact) mass is 275 g/mol. The third kappa shape index (κ3) is 3.73. The summed E-state index contributed by atoms with van der Waals surface area (Å²) >= 11 is 5.87. The van der Waals surface area contributed by atoms with Crippen LogP contribution < -0.4 is 10.1 Å². The fraction of sp³-hybridized carbons (Fsp3) is 0.133. The lowest BCUT2D eigenvalue weighted by atomic mass is 10.2. The lowest BCUT2D eigenvalue weighted by Crippen LogP contribution is -2.11. The Balaban J connectivity index is 2.13. The van der Waals surface area contributed by atoms with E-state index >= 15 is 0 Å². The number of halogens is 1. The van der Waals surface area contributed by atoms with Gasteiger partial charge in [0.15, 0.2) is 0 Å². The van der Waals surface area contributed by atoms with Crippen molar-refractivity contribution in [1.29, 1.82) is 0 Å². The third-order valence-corrected chi connectivity index (χ3v) is 2.72. The van der Waals surface area contributed by atoms with Crippen LogP contribution in [0.3, 0.4) is 0 Å². The highest BCUT2D eigenvalue weighted by Gasteiger charge is 2.07. The Labute approximate surface area is 117 Å². The van der Waals surface area contributed by atoms with Crippen molar-refractivity contribution < 1.29 is 9.53 Å². The Bertz CT molecular complexity index is 584. The zero-order chi connectivity index (χ0) is 13.7. The summed E-state index contributed by atoms with van der Waals surface area (Å²) in [4.78, 5) is 12.1. The normalized spacial score (nSPS) is 10.0. The molecule has 0 aliphatic carbocycles. The van der Waals surface area contributed by atoms with Gasteiger partial charge in [0.1, 0.15) is 5.75 Å². The maximum absolute atomic E-state index is 12.1. The summed E-state index contributed by atoms with van der Waals surface area (Å²) in [6.45, 7) is 2.47. The first kappa shape index (κ1) is 13.4. The van der Waals surface area contributed by atoms with E-state index in [1.807, 2.05) is 13.0 Å². The molecule has 0 aromatic heterocycles. The number of hydrogen-bond acceptors (Lipinski definition) is 2. The quantitative estimate of drug-likeness (QED) is 0.916. The number of carbonyl (C=O) groups excluding carboxylic acids is 1. The molecule has 0 aliphatic heterocycles. The van der Waals surface area contributed by atoms with Gasteiger partial charge in [0, 0.05) is 16.3 Å². The second kappa shape index (κ2) is 6.25. The number of rotatable bonds is 4. The zero-order valence-electron chi connectivity index (χ0n) is 10.5. The molecule has 0 fully saturated rings. The molecular formula is C15H14ClNO2. The average molecular weight is 276 g/mol. The van der Waals surface area contributed by atoms with Crippen LogP contribution >= 0.6 is 11.6 Å². The van der Waals surface area contributed by atoms with E-state index in [0.29, 0.717) is 28.6 Å². The van der Waals surface area contributed by atoms with Gasteiger partial charge < -0.3 is 10.1 Å². The van der Waals surface area contributed by atoms with Gasteiger partial charge in [0.2, 0.25) is 0 Å². The van der Waals surface area contributed by atoms with Gasteiger partial charge in [-0.3, -0.25) is 4.79 Å². The molecule has 2 rings (SSSR count). The molecule has 0 heterocycles. The summed E-state index contributed by atoms with van der Waals surface area (Å²) in [5.41, 5.74) is 1.21. The topological polar surface area (TPSA) is 38.3 Å². The van der Waals surface area contributed by atoms with Gasteiger partial charge in [0.25, 0.3) is 5.91 Å². The number of nitrogens with one attached hydrogen (secondary N) is 1. The minimum atomic E-state index is -0.191. The van der Waals surface area contributed by atoms with Crippen LogP contribution in [0.1, 0.15) is 17.3 Å². The van der Waals surface area contributed by atoms with Crippen molar-refractivity contribution in [3.63, 3.8) is 0 Å². The molecule has 2 aromatic carbocycles. The Morgan fingerprint density at radius 2 is 2.00 bits per heavy atom. The molecule has 0 saturated heterocycles. The second-order valence-corrected chi connectivity index (χ2v) is 4.36. The van der Waals surface area contributed by atoms with Crippen molar-refractivity contribution >= 4 is 23.2 Å². The first-order valence-corrected chi connectivity index (χ1v) is 6.36. The number of benzene rings is 2. The molecule has 0 spiro atoms. The molecule has 2 aromatic rings. The van der Waals surface area contributed by atoms with E-state index in [-0.39, 0.29) is 5.91 Å². The van der Waals surface area contributed by atoms with E-state index in [1.54, 1.807) is 42.5 Å². The Morgan fingerprint density at radius 1 is 1.21 bits per heavy atom. The first-order chi connectivity index (χ1) is 9.19. The molecular weight excluding hydrogens is 262 g/mol. The van der Waals surface area contributed by atoms with Crippen molar-refractivity contribution in [2.24, 2.45) is 0 Å². The van der Waals surface area contributed by atoms with Crippen LogP contribution in [0.2, 0.25) is 5.02 Å². The molecule has 0 bridgehead atoms. The highest BCUT2D eigenvalue weighted by atomic mass is 35.5. The summed E-state index contributed by atoms with van der Waals surface area (Å²) in [6, 6.07) is 14.1. The minimum Gasteiger partial charge on any atom is -0.494 e. The molecule has 0 atom stereocenters. The van der Waals surface area contributed by atoms with Gasteiger partial charge >= 0.3 is 0 Å². The summed E-state index contributed by atoms with van der Waals surface area (Å²) in [7, 11) is 0. The highest BCUT2D eigenvalue weighted by molar-refractivity contribution is 6.30.